The van der Waals surface area contributed by atoms with E-state index in [1.165, 1.54) is 0 Å². The summed E-state index contributed by atoms with van der Waals surface area (Å²) in [5.41, 5.74) is 0. The van der Waals surface area contributed by atoms with Crippen LogP contribution < -0.4 is 0 Å². The second-order valence-corrected chi connectivity index (χ2v) is 3.90. The summed E-state index contributed by atoms with van der Waals surface area (Å²) in [6, 6.07) is 0. The predicted octanol–water partition coefficient (Wildman–Crippen LogP) is -1.58. The van der Waals surface area contributed by atoms with Crippen LogP contribution in [0.15, 0.2) is 0 Å². The molecule has 0 aromatic heterocycles. The van der Waals surface area contributed by atoms with E-state index in [9.17, 15) is 10.2 Å². The molecular weight excluding hydrogens is 226 g/mol. The van der Waals surface area contributed by atoms with Gasteiger partial charge in [0.05, 0.1) is 38.6 Å². The third-order valence-electron chi connectivity index (χ3n) is 2.51. The minimum absolute atomic E-state index is 0.00502. The summed E-state index contributed by atoms with van der Waals surface area (Å²) in [6.45, 7) is 3.77. The second-order valence-electron chi connectivity index (χ2n) is 3.90. The fourth-order valence-electron chi connectivity index (χ4n) is 1.45. The molecule has 0 amide bonds. The van der Waals surface area contributed by atoms with Crippen LogP contribution in [0.2, 0.25) is 0 Å². The van der Waals surface area contributed by atoms with Crippen molar-refractivity contribution < 1.29 is 25.2 Å². The Morgan fingerprint density at radius 1 is 1.00 bits per heavy atom. The van der Waals surface area contributed by atoms with Gasteiger partial charge in [0.25, 0.3) is 0 Å². The summed E-state index contributed by atoms with van der Waals surface area (Å²) in [4.78, 5) is 1.82. The number of aliphatic hydroxyl groups is 4. The zero-order valence-corrected chi connectivity index (χ0v) is 10.5. The molecule has 0 radical (unpaired) electrons. The van der Waals surface area contributed by atoms with Gasteiger partial charge in [0.2, 0.25) is 0 Å². The Kier molecular flexibility index (Phi) is 10.7. The topological polar surface area (TPSA) is 93.4 Å². The highest BCUT2D eigenvalue weighted by molar-refractivity contribution is 4.71. The van der Waals surface area contributed by atoms with Crippen LogP contribution in [-0.2, 0) is 4.74 Å². The Labute approximate surface area is 102 Å². The van der Waals surface area contributed by atoms with Crippen molar-refractivity contribution in [1.82, 2.24) is 4.90 Å². The van der Waals surface area contributed by atoms with Gasteiger partial charge in [-0.1, -0.05) is 6.92 Å². The van der Waals surface area contributed by atoms with Gasteiger partial charge in [-0.3, -0.25) is 4.90 Å². The molecule has 0 aliphatic rings. The Balaban J connectivity index is 3.87. The lowest BCUT2D eigenvalue weighted by Gasteiger charge is -2.26. The van der Waals surface area contributed by atoms with Crippen molar-refractivity contribution in [3.05, 3.63) is 0 Å². The fraction of sp³-hybridized carbons (Fsp3) is 1.00. The maximum atomic E-state index is 9.66. The zero-order chi connectivity index (χ0) is 13.1. The smallest absolute Gasteiger partial charge is 0.0925 e. The van der Waals surface area contributed by atoms with E-state index in [0.29, 0.717) is 32.7 Å². The zero-order valence-electron chi connectivity index (χ0n) is 10.5. The summed E-state index contributed by atoms with van der Waals surface area (Å²) in [5, 5.41) is 36.5. The van der Waals surface area contributed by atoms with Crippen LogP contribution >= 0.6 is 0 Å². The molecule has 0 saturated heterocycles. The molecule has 104 valence electrons. The number of hydrogen-bond acceptors (Lipinski definition) is 6. The molecule has 17 heavy (non-hydrogen) atoms. The quantitative estimate of drug-likeness (QED) is 0.331. The van der Waals surface area contributed by atoms with Crippen LogP contribution in [0.5, 0.6) is 0 Å². The molecule has 0 fully saturated rings. The van der Waals surface area contributed by atoms with Gasteiger partial charge in [0.15, 0.2) is 0 Å². The van der Waals surface area contributed by atoms with Crippen molar-refractivity contribution in [2.24, 2.45) is 0 Å². The minimum atomic E-state index is -0.815. The molecule has 4 N–H and O–H groups in total. The Bertz CT molecular complexity index is 170. The first-order chi connectivity index (χ1) is 8.15. The molecule has 2 atom stereocenters. The van der Waals surface area contributed by atoms with E-state index in [2.05, 4.69) is 0 Å². The molecule has 0 saturated carbocycles. The third-order valence-corrected chi connectivity index (χ3v) is 2.51. The van der Waals surface area contributed by atoms with Crippen LogP contribution in [-0.4, -0.2) is 83.6 Å². The number of rotatable bonds is 11. The van der Waals surface area contributed by atoms with Crippen molar-refractivity contribution >= 4 is 0 Å². The molecule has 0 aromatic rings. The normalized spacial score (nSPS) is 15.2. The Morgan fingerprint density at radius 2 is 1.71 bits per heavy atom. The standard InChI is InChI=1S/C11H25NO5/c1-2-10(15)11(16)9-12(3-5-13)4-7-17-8-6-14/h10-11,13-16H,2-9H2,1H3. The van der Waals surface area contributed by atoms with E-state index < -0.39 is 12.2 Å². The van der Waals surface area contributed by atoms with Crippen molar-refractivity contribution in [1.29, 1.82) is 0 Å². The van der Waals surface area contributed by atoms with E-state index >= 15 is 0 Å². The average Bonchev–Trinajstić information content (AvgIpc) is 2.33. The van der Waals surface area contributed by atoms with Gasteiger partial charge in [-0.2, -0.15) is 0 Å². The van der Waals surface area contributed by atoms with E-state index in [-0.39, 0.29) is 19.8 Å². The number of nitrogens with zero attached hydrogens (tertiary/aromatic N) is 1. The van der Waals surface area contributed by atoms with E-state index in [1.54, 1.807) is 6.92 Å². The van der Waals surface area contributed by atoms with Gasteiger partial charge in [0, 0.05) is 19.6 Å². The second kappa shape index (κ2) is 10.9. The summed E-state index contributed by atoms with van der Waals surface area (Å²) >= 11 is 0. The van der Waals surface area contributed by atoms with Crippen LogP contribution in [0.1, 0.15) is 13.3 Å². The number of ether oxygens (including phenoxy) is 1. The Morgan fingerprint density at radius 3 is 2.24 bits per heavy atom. The summed E-state index contributed by atoms with van der Waals surface area (Å²) in [5.74, 6) is 0. The minimum Gasteiger partial charge on any atom is -0.395 e. The molecule has 0 aliphatic carbocycles. The van der Waals surface area contributed by atoms with Crippen LogP contribution in [0, 0.1) is 0 Å². The van der Waals surface area contributed by atoms with Gasteiger partial charge in [0.1, 0.15) is 0 Å². The maximum absolute atomic E-state index is 9.66. The van der Waals surface area contributed by atoms with Crippen LogP contribution in [0.4, 0.5) is 0 Å². The van der Waals surface area contributed by atoms with Gasteiger partial charge in [-0.25, -0.2) is 0 Å². The molecular formula is C11H25NO5. The molecule has 6 heteroatoms. The maximum Gasteiger partial charge on any atom is 0.0925 e. The molecule has 0 heterocycles. The average molecular weight is 251 g/mol. The highest BCUT2D eigenvalue weighted by Crippen LogP contribution is 2.01. The van der Waals surface area contributed by atoms with E-state index in [1.807, 2.05) is 4.90 Å². The Hall–Kier alpha value is -0.240. The lowest BCUT2D eigenvalue weighted by Crippen LogP contribution is -2.41. The molecule has 2 unspecified atom stereocenters. The SMILES string of the molecule is CCC(O)C(O)CN(CCO)CCOCCO. The van der Waals surface area contributed by atoms with Crippen molar-refractivity contribution in [2.75, 3.05) is 46.1 Å². The molecule has 0 rings (SSSR count). The summed E-state index contributed by atoms with van der Waals surface area (Å²) in [6.07, 6.45) is -1.06. The van der Waals surface area contributed by atoms with E-state index in [0.717, 1.165) is 0 Å². The molecule has 0 bridgehead atoms. The monoisotopic (exact) mass is 251 g/mol. The molecule has 0 spiro atoms. The highest BCUT2D eigenvalue weighted by atomic mass is 16.5. The van der Waals surface area contributed by atoms with Gasteiger partial charge in [-0.05, 0) is 6.42 Å². The summed E-state index contributed by atoms with van der Waals surface area (Å²) < 4.78 is 5.11. The first kappa shape index (κ1) is 16.8. The van der Waals surface area contributed by atoms with Crippen LogP contribution in [0.25, 0.3) is 0 Å². The fourth-order valence-corrected chi connectivity index (χ4v) is 1.45. The number of hydrogen-bond donors (Lipinski definition) is 4. The largest absolute Gasteiger partial charge is 0.395 e. The predicted molar refractivity (Wildman–Crippen MR) is 63.7 cm³/mol. The van der Waals surface area contributed by atoms with Crippen molar-refractivity contribution in [3.8, 4) is 0 Å². The van der Waals surface area contributed by atoms with Gasteiger partial charge >= 0.3 is 0 Å². The van der Waals surface area contributed by atoms with Crippen molar-refractivity contribution in [2.45, 2.75) is 25.6 Å². The third kappa shape index (κ3) is 8.48. The first-order valence-corrected chi connectivity index (χ1v) is 6.03. The van der Waals surface area contributed by atoms with Gasteiger partial charge < -0.3 is 25.2 Å². The van der Waals surface area contributed by atoms with Crippen LogP contribution in [0.3, 0.4) is 0 Å². The molecule has 6 nitrogen and oxygen atoms in total. The lowest BCUT2D eigenvalue weighted by atomic mass is 10.1. The summed E-state index contributed by atoms with van der Waals surface area (Å²) in [7, 11) is 0. The molecule has 0 aliphatic heterocycles. The van der Waals surface area contributed by atoms with E-state index in [4.69, 9.17) is 14.9 Å². The van der Waals surface area contributed by atoms with Gasteiger partial charge in [-0.15, -0.1) is 0 Å². The number of aliphatic hydroxyl groups excluding tert-OH is 4. The lowest BCUT2D eigenvalue weighted by molar-refractivity contribution is -0.0127. The van der Waals surface area contributed by atoms with Crippen molar-refractivity contribution in [3.63, 3.8) is 0 Å². The highest BCUT2D eigenvalue weighted by Gasteiger charge is 2.17. The first-order valence-electron chi connectivity index (χ1n) is 6.03. The molecule has 0 aromatic carbocycles.